The fourth-order valence-corrected chi connectivity index (χ4v) is 3.40. The molecule has 0 radical (unpaired) electrons. The maximum absolute atomic E-state index is 12.9. The maximum Gasteiger partial charge on any atom is 0.309 e. The normalized spacial score (nSPS) is 14.0. The first-order valence-electron chi connectivity index (χ1n) is 9.83. The number of amides is 2. The van der Waals surface area contributed by atoms with Crippen LogP contribution in [-0.2, 0) is 14.3 Å². The molecule has 1 aliphatic rings. The van der Waals surface area contributed by atoms with Gasteiger partial charge in [0, 0.05) is 26.2 Å². The summed E-state index contributed by atoms with van der Waals surface area (Å²) in [5.74, 6) is -1.21. The van der Waals surface area contributed by atoms with Crippen LogP contribution in [-0.4, -0.2) is 80.0 Å². The van der Waals surface area contributed by atoms with Gasteiger partial charge < -0.3 is 24.0 Å². The summed E-state index contributed by atoms with van der Waals surface area (Å²) < 4.78 is 15.2. The zero-order valence-corrected chi connectivity index (χ0v) is 18.1. The summed E-state index contributed by atoms with van der Waals surface area (Å²) in [5, 5.41) is 11.4. The molecule has 1 fully saturated rings. The molecule has 31 heavy (non-hydrogen) atoms. The summed E-state index contributed by atoms with van der Waals surface area (Å²) in [5.41, 5.74) is -0.656. The van der Waals surface area contributed by atoms with E-state index in [0.717, 1.165) is 11.0 Å². The van der Waals surface area contributed by atoms with Gasteiger partial charge >= 0.3 is 5.97 Å². The van der Waals surface area contributed by atoms with Crippen LogP contribution in [0.3, 0.4) is 0 Å². The molecular weight excluding hydrogens is 410 g/mol. The van der Waals surface area contributed by atoms with E-state index in [1.54, 1.807) is 11.8 Å². The number of benzene rings is 1. The van der Waals surface area contributed by atoms with Gasteiger partial charge in [0.25, 0.3) is 11.6 Å². The molecule has 11 nitrogen and oxygen atoms in total. The summed E-state index contributed by atoms with van der Waals surface area (Å²) in [6, 6.07) is 2.34. The molecule has 0 atom stereocenters. The number of nitro groups is 1. The molecule has 0 N–H and O–H groups in total. The lowest BCUT2D eigenvalue weighted by Gasteiger charge is -2.32. The molecule has 1 aliphatic heterocycles. The van der Waals surface area contributed by atoms with Gasteiger partial charge in [0.05, 0.1) is 44.3 Å². The van der Waals surface area contributed by atoms with Crippen LogP contribution in [0.2, 0.25) is 0 Å². The summed E-state index contributed by atoms with van der Waals surface area (Å²) in [4.78, 5) is 50.8. The molecular formula is C20H27N3O8. The average Bonchev–Trinajstić information content (AvgIpc) is 2.77. The molecule has 1 heterocycles. The third-order valence-corrected chi connectivity index (χ3v) is 5.12. The van der Waals surface area contributed by atoms with E-state index >= 15 is 0 Å². The average molecular weight is 437 g/mol. The molecule has 0 aromatic heterocycles. The van der Waals surface area contributed by atoms with Gasteiger partial charge in [0.2, 0.25) is 5.91 Å². The number of likely N-dealkylation sites (tertiary alicyclic amines) is 1. The van der Waals surface area contributed by atoms with Crippen LogP contribution in [0.1, 0.15) is 30.1 Å². The second-order valence-electron chi connectivity index (χ2n) is 7.05. The number of hydrogen-bond donors (Lipinski definition) is 0. The van der Waals surface area contributed by atoms with Crippen molar-refractivity contribution in [2.24, 2.45) is 5.92 Å². The Bertz CT molecular complexity index is 849. The Hall–Kier alpha value is -3.37. The van der Waals surface area contributed by atoms with Crippen molar-refractivity contribution in [3.8, 4) is 11.5 Å². The van der Waals surface area contributed by atoms with Crippen LogP contribution in [0.5, 0.6) is 11.5 Å². The van der Waals surface area contributed by atoms with E-state index in [-0.39, 0.29) is 41.4 Å². The lowest BCUT2D eigenvalue weighted by Crippen LogP contribution is -2.45. The zero-order valence-electron chi connectivity index (χ0n) is 18.1. The second kappa shape index (κ2) is 10.6. The molecule has 1 aromatic rings. The summed E-state index contributed by atoms with van der Waals surface area (Å²) in [6.45, 7) is 2.55. The van der Waals surface area contributed by atoms with Gasteiger partial charge in [-0.25, -0.2) is 0 Å². The van der Waals surface area contributed by atoms with Gasteiger partial charge in [0.1, 0.15) is 5.56 Å². The van der Waals surface area contributed by atoms with E-state index in [2.05, 4.69) is 0 Å². The third kappa shape index (κ3) is 5.62. The van der Waals surface area contributed by atoms with Gasteiger partial charge in [-0.3, -0.25) is 24.5 Å². The van der Waals surface area contributed by atoms with Gasteiger partial charge in [-0.2, -0.15) is 0 Å². The Morgan fingerprint density at radius 1 is 1.16 bits per heavy atom. The quantitative estimate of drug-likeness (QED) is 0.340. The molecule has 11 heteroatoms. The Balaban J connectivity index is 2.08. The standard InChI is InChI=1S/C20H27N3O8/c1-5-31-20(26)13-6-8-22(9-7-13)18(24)12-21(2)19(25)14-10-16(29-3)17(30-4)11-15(14)23(27)28/h10-11,13H,5-9,12H2,1-4H3. The first-order valence-corrected chi connectivity index (χ1v) is 9.83. The van der Waals surface area contributed by atoms with Crippen LogP contribution >= 0.6 is 0 Å². The van der Waals surface area contributed by atoms with E-state index < -0.39 is 16.5 Å². The Morgan fingerprint density at radius 2 is 1.74 bits per heavy atom. The van der Waals surface area contributed by atoms with E-state index in [1.165, 1.54) is 27.3 Å². The van der Waals surface area contributed by atoms with E-state index in [0.29, 0.717) is 32.5 Å². The van der Waals surface area contributed by atoms with E-state index in [1.807, 2.05) is 0 Å². The highest BCUT2D eigenvalue weighted by Gasteiger charge is 2.31. The minimum absolute atomic E-state index is 0.119. The summed E-state index contributed by atoms with van der Waals surface area (Å²) in [7, 11) is 4.08. The zero-order chi connectivity index (χ0) is 23.1. The van der Waals surface area contributed by atoms with Crippen molar-refractivity contribution in [3.63, 3.8) is 0 Å². The Kier molecular flexibility index (Phi) is 8.17. The van der Waals surface area contributed by atoms with Crippen LogP contribution in [0, 0.1) is 16.0 Å². The monoisotopic (exact) mass is 437 g/mol. The molecule has 0 bridgehead atoms. The highest BCUT2D eigenvalue weighted by molar-refractivity contribution is 6.00. The molecule has 0 aliphatic carbocycles. The fraction of sp³-hybridized carbons (Fsp3) is 0.550. The molecule has 0 saturated carbocycles. The largest absolute Gasteiger partial charge is 0.493 e. The topological polar surface area (TPSA) is 129 Å². The number of methoxy groups -OCH3 is 2. The number of rotatable bonds is 8. The number of piperidine rings is 1. The fourth-order valence-electron chi connectivity index (χ4n) is 3.40. The molecule has 1 saturated heterocycles. The first kappa shape index (κ1) is 23.9. The smallest absolute Gasteiger partial charge is 0.309 e. The molecule has 170 valence electrons. The van der Waals surface area contributed by atoms with Gasteiger partial charge in [-0.05, 0) is 19.8 Å². The van der Waals surface area contributed by atoms with Crippen LogP contribution in [0.4, 0.5) is 5.69 Å². The first-order chi connectivity index (χ1) is 14.7. The summed E-state index contributed by atoms with van der Waals surface area (Å²) >= 11 is 0. The van der Waals surface area contributed by atoms with Crippen molar-refractivity contribution in [2.75, 3.05) is 47.5 Å². The Labute approximate surface area is 180 Å². The molecule has 0 spiro atoms. The number of carbonyl (C=O) groups is 3. The van der Waals surface area contributed by atoms with Crippen molar-refractivity contribution in [1.29, 1.82) is 0 Å². The number of esters is 1. The van der Waals surface area contributed by atoms with Crippen molar-refractivity contribution in [3.05, 3.63) is 27.8 Å². The van der Waals surface area contributed by atoms with Gasteiger partial charge in [0.15, 0.2) is 11.5 Å². The molecule has 2 rings (SSSR count). The number of ether oxygens (including phenoxy) is 3. The second-order valence-corrected chi connectivity index (χ2v) is 7.05. The number of likely N-dealkylation sites (N-methyl/N-ethyl adjacent to an activating group) is 1. The lowest BCUT2D eigenvalue weighted by atomic mass is 9.97. The van der Waals surface area contributed by atoms with Crippen LogP contribution < -0.4 is 9.47 Å². The number of hydrogen-bond acceptors (Lipinski definition) is 8. The van der Waals surface area contributed by atoms with E-state index in [9.17, 15) is 24.5 Å². The van der Waals surface area contributed by atoms with Crippen molar-refractivity contribution in [2.45, 2.75) is 19.8 Å². The third-order valence-electron chi connectivity index (χ3n) is 5.12. The van der Waals surface area contributed by atoms with Crippen molar-refractivity contribution in [1.82, 2.24) is 9.80 Å². The number of nitrogens with zero attached hydrogens (tertiary/aromatic N) is 3. The lowest BCUT2D eigenvalue weighted by molar-refractivity contribution is -0.385. The number of carbonyl (C=O) groups excluding carboxylic acids is 3. The molecule has 0 unspecified atom stereocenters. The minimum Gasteiger partial charge on any atom is -0.493 e. The Morgan fingerprint density at radius 3 is 2.26 bits per heavy atom. The van der Waals surface area contributed by atoms with Crippen molar-refractivity contribution < 1.29 is 33.5 Å². The van der Waals surface area contributed by atoms with Gasteiger partial charge in [-0.1, -0.05) is 0 Å². The van der Waals surface area contributed by atoms with Crippen LogP contribution in [0.25, 0.3) is 0 Å². The number of nitro benzene ring substituents is 1. The molecule has 2 amide bonds. The molecule has 1 aromatic carbocycles. The predicted octanol–water partition coefficient (Wildman–Crippen LogP) is 1.49. The minimum atomic E-state index is -0.692. The highest BCUT2D eigenvalue weighted by Crippen LogP contribution is 2.35. The van der Waals surface area contributed by atoms with Gasteiger partial charge in [-0.15, -0.1) is 0 Å². The maximum atomic E-state index is 12.9. The predicted molar refractivity (Wildman–Crippen MR) is 109 cm³/mol. The van der Waals surface area contributed by atoms with Crippen LogP contribution in [0.15, 0.2) is 12.1 Å². The SMILES string of the molecule is CCOC(=O)C1CCN(C(=O)CN(C)C(=O)c2cc(OC)c(OC)cc2[N+](=O)[O-])CC1. The van der Waals surface area contributed by atoms with Crippen molar-refractivity contribution >= 4 is 23.5 Å². The summed E-state index contributed by atoms with van der Waals surface area (Å²) in [6.07, 6.45) is 0.979. The van der Waals surface area contributed by atoms with E-state index in [4.69, 9.17) is 14.2 Å². The highest BCUT2D eigenvalue weighted by atomic mass is 16.6.